The van der Waals surface area contributed by atoms with Crippen LogP contribution in [0.15, 0.2) is 16.7 Å². The summed E-state index contributed by atoms with van der Waals surface area (Å²) in [6, 6.07) is 5.58. The highest BCUT2D eigenvalue weighted by Gasteiger charge is 2.03. The molecule has 12 heavy (non-hydrogen) atoms. The number of nitrogens with zero attached hydrogens (tertiary/aromatic N) is 2. The standard InChI is InChI=1S/C8H7BrN2O/c1-12-7-2-3-8(9)11-6(7)4-5-10/h2-3H,4H2,1H3. The third-order valence-corrected chi connectivity index (χ3v) is 1.81. The summed E-state index contributed by atoms with van der Waals surface area (Å²) in [6.07, 6.45) is 0.266. The van der Waals surface area contributed by atoms with Crippen LogP contribution in [-0.2, 0) is 6.42 Å². The molecule has 0 N–H and O–H groups in total. The van der Waals surface area contributed by atoms with Gasteiger partial charge in [0, 0.05) is 0 Å². The molecule has 0 bridgehead atoms. The molecule has 0 aliphatic rings. The average Bonchev–Trinajstić information content (AvgIpc) is 2.05. The molecule has 4 heteroatoms. The highest BCUT2D eigenvalue weighted by atomic mass is 79.9. The van der Waals surface area contributed by atoms with Gasteiger partial charge in [-0.05, 0) is 28.1 Å². The van der Waals surface area contributed by atoms with Crippen molar-refractivity contribution in [3.05, 3.63) is 22.4 Å². The van der Waals surface area contributed by atoms with Crippen LogP contribution in [-0.4, -0.2) is 12.1 Å². The minimum absolute atomic E-state index is 0.266. The van der Waals surface area contributed by atoms with E-state index in [0.717, 1.165) is 0 Å². The predicted molar refractivity (Wildman–Crippen MR) is 47.8 cm³/mol. The summed E-state index contributed by atoms with van der Waals surface area (Å²) in [7, 11) is 1.56. The number of aromatic nitrogens is 1. The molecule has 0 spiro atoms. The molecule has 0 aliphatic carbocycles. The van der Waals surface area contributed by atoms with E-state index in [2.05, 4.69) is 20.9 Å². The van der Waals surface area contributed by atoms with Gasteiger partial charge in [-0.2, -0.15) is 5.26 Å². The normalized spacial score (nSPS) is 9.08. The highest BCUT2D eigenvalue weighted by Crippen LogP contribution is 2.19. The molecule has 62 valence electrons. The molecule has 0 saturated heterocycles. The highest BCUT2D eigenvalue weighted by molar-refractivity contribution is 9.10. The van der Waals surface area contributed by atoms with E-state index in [-0.39, 0.29) is 6.42 Å². The Morgan fingerprint density at radius 2 is 2.42 bits per heavy atom. The second-order valence-electron chi connectivity index (χ2n) is 2.12. The monoisotopic (exact) mass is 226 g/mol. The smallest absolute Gasteiger partial charge is 0.141 e. The van der Waals surface area contributed by atoms with Crippen LogP contribution < -0.4 is 4.74 Å². The fraction of sp³-hybridized carbons (Fsp3) is 0.250. The van der Waals surface area contributed by atoms with Gasteiger partial charge in [-0.3, -0.25) is 0 Å². The maximum absolute atomic E-state index is 8.47. The fourth-order valence-corrected chi connectivity index (χ4v) is 1.20. The molecule has 3 nitrogen and oxygen atoms in total. The van der Waals surface area contributed by atoms with Gasteiger partial charge in [0.05, 0.1) is 25.3 Å². The van der Waals surface area contributed by atoms with E-state index in [9.17, 15) is 0 Å². The summed E-state index contributed by atoms with van der Waals surface area (Å²) in [5.41, 5.74) is 0.661. The minimum atomic E-state index is 0.266. The van der Waals surface area contributed by atoms with Crippen LogP contribution in [0.3, 0.4) is 0 Å². The lowest BCUT2D eigenvalue weighted by Gasteiger charge is -2.03. The van der Waals surface area contributed by atoms with Gasteiger partial charge in [0.2, 0.25) is 0 Å². The van der Waals surface area contributed by atoms with Crippen molar-refractivity contribution < 1.29 is 4.74 Å². The van der Waals surface area contributed by atoms with Crippen LogP contribution >= 0.6 is 15.9 Å². The molecule has 0 aromatic carbocycles. The average molecular weight is 227 g/mol. The van der Waals surface area contributed by atoms with Gasteiger partial charge < -0.3 is 4.74 Å². The Morgan fingerprint density at radius 1 is 1.67 bits per heavy atom. The lowest BCUT2D eigenvalue weighted by Crippen LogP contribution is -1.94. The molecule has 1 rings (SSSR count). The lowest BCUT2D eigenvalue weighted by atomic mass is 10.2. The van der Waals surface area contributed by atoms with E-state index < -0.39 is 0 Å². The molecule has 0 radical (unpaired) electrons. The second-order valence-corrected chi connectivity index (χ2v) is 2.93. The van der Waals surface area contributed by atoms with Crippen molar-refractivity contribution in [1.29, 1.82) is 5.26 Å². The van der Waals surface area contributed by atoms with Crippen molar-refractivity contribution in [3.63, 3.8) is 0 Å². The maximum Gasteiger partial charge on any atom is 0.141 e. The van der Waals surface area contributed by atoms with E-state index >= 15 is 0 Å². The van der Waals surface area contributed by atoms with Gasteiger partial charge in [0.1, 0.15) is 10.4 Å². The van der Waals surface area contributed by atoms with E-state index in [1.807, 2.05) is 6.07 Å². The Balaban J connectivity index is 3.05. The van der Waals surface area contributed by atoms with Gasteiger partial charge >= 0.3 is 0 Å². The zero-order valence-electron chi connectivity index (χ0n) is 6.54. The Kier molecular flexibility index (Phi) is 3.06. The molecule has 0 aliphatic heterocycles. The first-order valence-electron chi connectivity index (χ1n) is 3.34. The molecule has 1 heterocycles. The summed E-state index contributed by atoms with van der Waals surface area (Å²) in [6.45, 7) is 0. The third kappa shape index (κ3) is 1.95. The number of rotatable bonds is 2. The van der Waals surface area contributed by atoms with Crippen molar-refractivity contribution in [2.45, 2.75) is 6.42 Å². The van der Waals surface area contributed by atoms with Gasteiger partial charge in [-0.15, -0.1) is 0 Å². The number of hydrogen-bond donors (Lipinski definition) is 0. The zero-order valence-corrected chi connectivity index (χ0v) is 8.13. The second kappa shape index (κ2) is 4.07. The first-order chi connectivity index (χ1) is 5.77. The Morgan fingerprint density at radius 3 is 3.00 bits per heavy atom. The lowest BCUT2D eigenvalue weighted by molar-refractivity contribution is 0.408. The van der Waals surface area contributed by atoms with Crippen LogP contribution in [0.25, 0.3) is 0 Å². The predicted octanol–water partition coefficient (Wildman–Crippen LogP) is 1.92. The molecule has 0 unspecified atom stereocenters. The van der Waals surface area contributed by atoms with E-state index in [4.69, 9.17) is 10.00 Å². The van der Waals surface area contributed by atoms with E-state index in [0.29, 0.717) is 16.0 Å². The zero-order chi connectivity index (χ0) is 8.97. The number of ether oxygens (including phenoxy) is 1. The number of hydrogen-bond acceptors (Lipinski definition) is 3. The molecule has 0 fully saturated rings. The van der Waals surface area contributed by atoms with E-state index in [1.165, 1.54) is 0 Å². The van der Waals surface area contributed by atoms with Crippen LogP contribution in [0, 0.1) is 11.3 Å². The molecular formula is C8H7BrN2O. The molecule has 0 atom stereocenters. The molecule has 1 aromatic rings. The van der Waals surface area contributed by atoms with Crippen molar-refractivity contribution in [2.24, 2.45) is 0 Å². The summed E-state index contributed by atoms with van der Waals surface area (Å²) >= 11 is 3.22. The van der Waals surface area contributed by atoms with Crippen LogP contribution in [0.4, 0.5) is 0 Å². The number of nitriles is 1. The van der Waals surface area contributed by atoms with Crippen molar-refractivity contribution in [2.75, 3.05) is 7.11 Å². The number of halogens is 1. The Labute approximate surface area is 79.1 Å². The molecular weight excluding hydrogens is 220 g/mol. The Bertz CT molecular complexity index is 319. The Hall–Kier alpha value is -1.08. The van der Waals surface area contributed by atoms with Gasteiger partial charge in [-0.1, -0.05) is 0 Å². The first kappa shape index (κ1) is 9.01. The van der Waals surface area contributed by atoms with Crippen LogP contribution in [0.5, 0.6) is 5.75 Å². The topological polar surface area (TPSA) is 45.9 Å². The van der Waals surface area contributed by atoms with Crippen molar-refractivity contribution in [1.82, 2.24) is 4.98 Å². The molecule has 1 aromatic heterocycles. The first-order valence-corrected chi connectivity index (χ1v) is 4.13. The van der Waals surface area contributed by atoms with Crippen LogP contribution in [0.2, 0.25) is 0 Å². The fourth-order valence-electron chi connectivity index (χ4n) is 0.849. The quantitative estimate of drug-likeness (QED) is 0.725. The number of methoxy groups -OCH3 is 1. The van der Waals surface area contributed by atoms with Gasteiger partial charge in [0.25, 0.3) is 0 Å². The van der Waals surface area contributed by atoms with Crippen molar-refractivity contribution in [3.8, 4) is 11.8 Å². The largest absolute Gasteiger partial charge is 0.495 e. The molecule has 0 saturated carbocycles. The maximum atomic E-state index is 8.47. The summed E-state index contributed by atoms with van der Waals surface area (Å²) in [5.74, 6) is 0.653. The summed E-state index contributed by atoms with van der Waals surface area (Å²) in [4.78, 5) is 4.10. The van der Waals surface area contributed by atoms with Crippen molar-refractivity contribution >= 4 is 15.9 Å². The van der Waals surface area contributed by atoms with E-state index in [1.54, 1.807) is 19.2 Å². The number of pyridine rings is 1. The molecule has 0 amide bonds. The minimum Gasteiger partial charge on any atom is -0.495 e. The third-order valence-electron chi connectivity index (χ3n) is 1.36. The van der Waals surface area contributed by atoms with Gasteiger partial charge in [0.15, 0.2) is 0 Å². The summed E-state index contributed by atoms with van der Waals surface area (Å²) < 4.78 is 5.73. The van der Waals surface area contributed by atoms with Crippen LogP contribution in [0.1, 0.15) is 5.69 Å². The SMILES string of the molecule is COc1ccc(Br)nc1CC#N. The summed E-state index contributed by atoms with van der Waals surface area (Å²) in [5, 5.41) is 8.47. The van der Waals surface area contributed by atoms with Gasteiger partial charge in [-0.25, -0.2) is 4.98 Å².